The molecule has 1 aromatic rings. The molecule has 0 bridgehead atoms. The Kier molecular flexibility index (Phi) is 6.18. The molecule has 2 saturated heterocycles. The van der Waals surface area contributed by atoms with E-state index >= 15 is 0 Å². The quantitative estimate of drug-likeness (QED) is 0.719. The maximum atomic E-state index is 12.8. The highest BCUT2D eigenvalue weighted by molar-refractivity contribution is 8.01. The highest BCUT2D eigenvalue weighted by Gasteiger charge is 2.39. The lowest BCUT2D eigenvalue weighted by atomic mass is 9.86. The number of carbonyl (C=O) groups excluding carboxylic acids is 2. The van der Waals surface area contributed by atoms with Crippen LogP contribution in [-0.4, -0.2) is 71.0 Å². The van der Waals surface area contributed by atoms with Gasteiger partial charge in [-0.05, 0) is 36.3 Å². The first kappa shape index (κ1) is 21.7. The van der Waals surface area contributed by atoms with Gasteiger partial charge < -0.3 is 9.80 Å². The zero-order valence-electron chi connectivity index (χ0n) is 18.8. The maximum absolute atomic E-state index is 12.8. The molecule has 4 rings (SSSR count). The smallest absolute Gasteiger partial charge is 0.236 e. The van der Waals surface area contributed by atoms with Crippen LogP contribution in [-0.2, 0) is 15.0 Å². The highest BCUT2D eigenvalue weighted by Crippen LogP contribution is 2.43. The van der Waals surface area contributed by atoms with E-state index in [9.17, 15) is 9.59 Å². The Morgan fingerprint density at radius 2 is 1.67 bits per heavy atom. The van der Waals surface area contributed by atoms with Crippen LogP contribution in [0.4, 0.5) is 0 Å². The van der Waals surface area contributed by atoms with Crippen molar-refractivity contribution in [2.75, 3.05) is 39.3 Å². The summed E-state index contributed by atoms with van der Waals surface area (Å²) in [6, 6.07) is 8.80. The van der Waals surface area contributed by atoms with Gasteiger partial charge in [0.05, 0.1) is 5.25 Å². The molecule has 164 valence electrons. The molecule has 0 aromatic heterocycles. The molecular formula is C24H35N3O2S. The summed E-state index contributed by atoms with van der Waals surface area (Å²) in [5.74, 6) is 0.906. The van der Waals surface area contributed by atoms with E-state index in [-0.39, 0.29) is 21.9 Å². The number of nitrogens with zero attached hydrogens (tertiary/aromatic N) is 3. The standard InChI is InChI=1S/C24H35N3O2S/c1-17-21(28)27(23(30-17)19-7-9-20(10-8-19)24(2,3)4)16-13-25-11-14-26(15-12-25)22(29)18-5-6-18/h7-10,17-18,23H,5-6,11-16H2,1-4H3/t17-,23+/m0/s1. The highest BCUT2D eigenvalue weighted by atomic mass is 32.2. The van der Waals surface area contributed by atoms with Gasteiger partial charge in [0.1, 0.15) is 5.37 Å². The molecule has 1 aliphatic carbocycles. The molecule has 1 saturated carbocycles. The third kappa shape index (κ3) is 4.70. The zero-order chi connectivity index (χ0) is 21.5. The van der Waals surface area contributed by atoms with E-state index < -0.39 is 0 Å². The van der Waals surface area contributed by atoms with E-state index in [1.165, 1.54) is 11.1 Å². The number of benzene rings is 1. The minimum Gasteiger partial charge on any atom is -0.340 e. The van der Waals surface area contributed by atoms with E-state index in [1.807, 2.05) is 11.8 Å². The summed E-state index contributed by atoms with van der Waals surface area (Å²) in [4.78, 5) is 31.6. The average Bonchev–Trinajstić information content (AvgIpc) is 3.53. The van der Waals surface area contributed by atoms with Crippen LogP contribution in [0.1, 0.15) is 57.0 Å². The second kappa shape index (κ2) is 8.54. The zero-order valence-corrected chi connectivity index (χ0v) is 19.6. The summed E-state index contributed by atoms with van der Waals surface area (Å²) >= 11 is 1.75. The van der Waals surface area contributed by atoms with Crippen LogP contribution in [0.3, 0.4) is 0 Å². The summed E-state index contributed by atoms with van der Waals surface area (Å²) in [5.41, 5.74) is 2.66. The molecule has 2 heterocycles. The van der Waals surface area contributed by atoms with Gasteiger partial charge in [0.2, 0.25) is 11.8 Å². The van der Waals surface area contributed by atoms with Gasteiger partial charge >= 0.3 is 0 Å². The Labute approximate surface area is 185 Å². The Hall–Kier alpha value is -1.53. The second-order valence-electron chi connectivity index (χ2n) is 9.98. The molecule has 2 amide bonds. The number of hydrogen-bond donors (Lipinski definition) is 0. The first-order valence-electron chi connectivity index (χ1n) is 11.3. The van der Waals surface area contributed by atoms with Gasteiger partial charge in [0.25, 0.3) is 0 Å². The fourth-order valence-electron chi connectivity index (χ4n) is 4.34. The number of carbonyl (C=O) groups is 2. The third-order valence-electron chi connectivity index (χ3n) is 6.58. The third-order valence-corrected chi connectivity index (χ3v) is 7.97. The fraction of sp³-hybridized carbons (Fsp3) is 0.667. The van der Waals surface area contributed by atoms with Crippen molar-refractivity contribution in [2.45, 2.75) is 56.6 Å². The first-order valence-corrected chi connectivity index (χ1v) is 12.3. The Bertz CT molecular complexity index is 777. The molecule has 2 aliphatic heterocycles. The molecule has 2 atom stereocenters. The van der Waals surface area contributed by atoms with Crippen molar-refractivity contribution in [1.29, 1.82) is 0 Å². The fourth-order valence-corrected chi connectivity index (χ4v) is 5.65. The minimum absolute atomic E-state index is 0.00491. The van der Waals surface area contributed by atoms with Crippen LogP contribution < -0.4 is 0 Å². The van der Waals surface area contributed by atoms with Crippen molar-refractivity contribution in [1.82, 2.24) is 14.7 Å². The Morgan fingerprint density at radius 3 is 2.23 bits per heavy atom. The van der Waals surface area contributed by atoms with Crippen LogP contribution in [0, 0.1) is 5.92 Å². The van der Waals surface area contributed by atoms with E-state index in [0.717, 1.165) is 52.1 Å². The van der Waals surface area contributed by atoms with E-state index in [4.69, 9.17) is 0 Å². The molecule has 0 N–H and O–H groups in total. The number of amides is 2. The van der Waals surface area contributed by atoms with Crippen LogP contribution >= 0.6 is 11.8 Å². The lowest BCUT2D eigenvalue weighted by Gasteiger charge is -2.36. The maximum Gasteiger partial charge on any atom is 0.236 e. The molecule has 0 spiro atoms. The van der Waals surface area contributed by atoms with Crippen molar-refractivity contribution in [3.05, 3.63) is 35.4 Å². The molecule has 1 aromatic carbocycles. The van der Waals surface area contributed by atoms with Gasteiger partial charge in [-0.15, -0.1) is 11.8 Å². The molecule has 0 unspecified atom stereocenters. The number of piperazine rings is 1. The van der Waals surface area contributed by atoms with Crippen molar-refractivity contribution in [2.24, 2.45) is 5.92 Å². The average molecular weight is 430 g/mol. The molecule has 0 radical (unpaired) electrons. The summed E-state index contributed by atoms with van der Waals surface area (Å²) in [7, 11) is 0. The molecule has 5 nitrogen and oxygen atoms in total. The van der Waals surface area contributed by atoms with Crippen molar-refractivity contribution < 1.29 is 9.59 Å². The van der Waals surface area contributed by atoms with Gasteiger partial charge in [-0.2, -0.15) is 0 Å². The second-order valence-corrected chi connectivity index (χ2v) is 11.4. The van der Waals surface area contributed by atoms with Crippen LogP contribution in [0.5, 0.6) is 0 Å². The molecular weight excluding hydrogens is 394 g/mol. The first-order chi connectivity index (χ1) is 14.2. The van der Waals surface area contributed by atoms with Gasteiger partial charge in [-0.1, -0.05) is 45.0 Å². The van der Waals surface area contributed by atoms with Crippen molar-refractivity contribution in [3.63, 3.8) is 0 Å². The summed E-state index contributed by atoms with van der Waals surface area (Å²) in [5, 5.41) is 0.101. The number of rotatable bonds is 5. The molecule has 30 heavy (non-hydrogen) atoms. The van der Waals surface area contributed by atoms with Gasteiger partial charge in [-0.3, -0.25) is 14.5 Å². The predicted octanol–water partition coefficient (Wildman–Crippen LogP) is 3.50. The van der Waals surface area contributed by atoms with Crippen LogP contribution in [0.15, 0.2) is 24.3 Å². The minimum atomic E-state index is 0.00491. The van der Waals surface area contributed by atoms with Crippen molar-refractivity contribution in [3.8, 4) is 0 Å². The molecule has 3 aliphatic rings. The summed E-state index contributed by atoms with van der Waals surface area (Å²) < 4.78 is 0. The Morgan fingerprint density at radius 1 is 1.03 bits per heavy atom. The Balaban J connectivity index is 1.35. The normalized spacial score (nSPS) is 25.8. The van der Waals surface area contributed by atoms with Crippen LogP contribution in [0.2, 0.25) is 0 Å². The van der Waals surface area contributed by atoms with E-state index in [2.05, 4.69) is 54.8 Å². The largest absolute Gasteiger partial charge is 0.340 e. The number of thioether (sulfide) groups is 1. The summed E-state index contributed by atoms with van der Waals surface area (Å²) in [6.07, 6.45) is 2.15. The van der Waals surface area contributed by atoms with Gasteiger partial charge in [0, 0.05) is 45.2 Å². The number of hydrogen-bond acceptors (Lipinski definition) is 4. The van der Waals surface area contributed by atoms with Crippen molar-refractivity contribution >= 4 is 23.6 Å². The monoisotopic (exact) mass is 429 g/mol. The predicted molar refractivity (Wildman–Crippen MR) is 122 cm³/mol. The van der Waals surface area contributed by atoms with Gasteiger partial charge in [0.15, 0.2) is 0 Å². The van der Waals surface area contributed by atoms with E-state index in [1.54, 1.807) is 11.8 Å². The molecule has 3 fully saturated rings. The van der Waals surface area contributed by atoms with E-state index in [0.29, 0.717) is 11.8 Å². The van der Waals surface area contributed by atoms with Gasteiger partial charge in [-0.25, -0.2) is 0 Å². The topological polar surface area (TPSA) is 43.9 Å². The molecule has 6 heteroatoms. The lowest BCUT2D eigenvalue weighted by Crippen LogP contribution is -2.51. The van der Waals surface area contributed by atoms with Crippen LogP contribution in [0.25, 0.3) is 0 Å². The summed E-state index contributed by atoms with van der Waals surface area (Å²) in [6.45, 7) is 13.8. The lowest BCUT2D eigenvalue weighted by molar-refractivity contribution is -0.134. The SMILES string of the molecule is C[C@@H]1S[C@H](c2ccc(C(C)(C)C)cc2)N(CCN2CCN(C(=O)C3CC3)CC2)C1=O.